The molecule has 1 unspecified atom stereocenters. The molecule has 1 heterocycles. The minimum Gasteiger partial charge on any atom is -0.481 e. The second-order valence-electron chi connectivity index (χ2n) is 5.74. The van der Waals surface area contributed by atoms with Gasteiger partial charge < -0.3 is 16.2 Å². The van der Waals surface area contributed by atoms with E-state index in [-0.39, 0.29) is 12.0 Å². The number of benzene rings is 2. The van der Waals surface area contributed by atoms with Gasteiger partial charge in [-0.25, -0.2) is 0 Å². The van der Waals surface area contributed by atoms with E-state index >= 15 is 0 Å². The van der Waals surface area contributed by atoms with E-state index in [0.29, 0.717) is 10.6 Å². The molecule has 0 fully saturated rings. The van der Waals surface area contributed by atoms with Gasteiger partial charge in [-0.15, -0.1) is 11.3 Å². The topological polar surface area (TPSA) is 109 Å². The maximum Gasteiger partial charge on any atom is 0.311 e. The van der Waals surface area contributed by atoms with Crippen molar-refractivity contribution in [2.24, 2.45) is 5.73 Å². The number of rotatable bonds is 6. The van der Waals surface area contributed by atoms with E-state index in [9.17, 15) is 19.5 Å². The molecule has 0 radical (unpaired) electrons. The number of carbonyl (C=O) groups is 3. The van der Waals surface area contributed by atoms with Crippen molar-refractivity contribution in [2.45, 2.75) is 12.3 Å². The first-order valence-corrected chi connectivity index (χ1v) is 8.73. The summed E-state index contributed by atoms with van der Waals surface area (Å²) in [6.45, 7) is 0. The normalized spacial score (nSPS) is 11.8. The van der Waals surface area contributed by atoms with Gasteiger partial charge in [-0.1, -0.05) is 42.5 Å². The molecular weight excluding hydrogens is 352 g/mol. The van der Waals surface area contributed by atoms with Crippen molar-refractivity contribution < 1.29 is 19.5 Å². The summed E-state index contributed by atoms with van der Waals surface area (Å²) in [6.07, 6.45) is -0.251. The third-order valence-electron chi connectivity index (χ3n) is 4.07. The van der Waals surface area contributed by atoms with Crippen LogP contribution in [0.4, 0.5) is 5.00 Å². The fourth-order valence-corrected chi connectivity index (χ4v) is 3.66. The number of aliphatic carboxylic acids is 1. The number of fused-ring (bicyclic) bond motifs is 1. The molecule has 0 saturated carbocycles. The Labute approximate surface area is 153 Å². The molecule has 2 aromatic carbocycles. The van der Waals surface area contributed by atoms with Gasteiger partial charge >= 0.3 is 5.97 Å². The van der Waals surface area contributed by atoms with Crippen LogP contribution in [0, 0.1) is 0 Å². The Kier molecular flexibility index (Phi) is 4.99. The van der Waals surface area contributed by atoms with Crippen molar-refractivity contribution >= 4 is 44.9 Å². The number of hydrogen-bond acceptors (Lipinski definition) is 4. The molecule has 6 nitrogen and oxygen atoms in total. The van der Waals surface area contributed by atoms with Crippen molar-refractivity contribution in [3.63, 3.8) is 0 Å². The third kappa shape index (κ3) is 3.57. The van der Waals surface area contributed by atoms with Gasteiger partial charge in [0.1, 0.15) is 5.00 Å². The summed E-state index contributed by atoms with van der Waals surface area (Å²) in [7, 11) is 0. The van der Waals surface area contributed by atoms with Crippen LogP contribution < -0.4 is 11.1 Å². The van der Waals surface area contributed by atoms with Crippen LogP contribution in [-0.2, 0) is 9.59 Å². The molecule has 1 aromatic heterocycles. The molecule has 3 aromatic rings. The summed E-state index contributed by atoms with van der Waals surface area (Å²) in [5, 5.41) is 15.9. The lowest BCUT2D eigenvalue weighted by Gasteiger charge is -2.15. The van der Waals surface area contributed by atoms with Crippen LogP contribution in [0.3, 0.4) is 0 Å². The summed E-state index contributed by atoms with van der Waals surface area (Å²) in [5.41, 5.74) is 6.04. The zero-order valence-corrected chi connectivity index (χ0v) is 14.5. The number of thiophene rings is 1. The quantitative estimate of drug-likeness (QED) is 0.620. The number of amides is 2. The molecule has 0 aliphatic carbocycles. The van der Waals surface area contributed by atoms with Gasteiger partial charge in [-0.2, -0.15) is 0 Å². The van der Waals surface area contributed by atoms with E-state index in [1.54, 1.807) is 17.5 Å². The Hall–Kier alpha value is -3.19. The van der Waals surface area contributed by atoms with Crippen LogP contribution >= 0.6 is 11.3 Å². The van der Waals surface area contributed by atoms with E-state index < -0.39 is 23.7 Å². The van der Waals surface area contributed by atoms with Gasteiger partial charge in [0.15, 0.2) is 0 Å². The highest BCUT2D eigenvalue weighted by molar-refractivity contribution is 7.14. The van der Waals surface area contributed by atoms with Gasteiger partial charge in [0, 0.05) is 6.42 Å². The first-order chi connectivity index (χ1) is 12.5. The van der Waals surface area contributed by atoms with E-state index in [1.807, 2.05) is 30.3 Å². The average Bonchev–Trinajstić information content (AvgIpc) is 3.07. The second-order valence-corrected chi connectivity index (χ2v) is 6.66. The third-order valence-corrected chi connectivity index (χ3v) is 4.90. The molecule has 132 valence electrons. The summed E-state index contributed by atoms with van der Waals surface area (Å²) < 4.78 is 0. The fraction of sp³-hybridized carbons (Fsp3) is 0.105. The maximum atomic E-state index is 12.4. The first kappa shape index (κ1) is 17.6. The zero-order chi connectivity index (χ0) is 18.7. The largest absolute Gasteiger partial charge is 0.481 e. The highest BCUT2D eigenvalue weighted by Crippen LogP contribution is 2.29. The molecule has 3 rings (SSSR count). The number of carbonyl (C=O) groups excluding carboxylic acids is 2. The van der Waals surface area contributed by atoms with Crippen molar-refractivity contribution in [2.75, 3.05) is 5.32 Å². The number of carboxylic acid groups (broad SMARTS) is 1. The van der Waals surface area contributed by atoms with Gasteiger partial charge in [-0.05, 0) is 27.8 Å². The van der Waals surface area contributed by atoms with E-state index in [4.69, 9.17) is 5.73 Å². The summed E-state index contributed by atoms with van der Waals surface area (Å²) in [5.74, 6) is -3.23. The molecule has 1 atom stereocenters. The van der Waals surface area contributed by atoms with Crippen LogP contribution in [0.2, 0.25) is 0 Å². The Morgan fingerprint density at radius 1 is 1.08 bits per heavy atom. The molecule has 2 amide bonds. The molecule has 26 heavy (non-hydrogen) atoms. The summed E-state index contributed by atoms with van der Waals surface area (Å²) >= 11 is 1.16. The monoisotopic (exact) mass is 368 g/mol. The highest BCUT2D eigenvalue weighted by Gasteiger charge is 2.25. The molecule has 0 bridgehead atoms. The van der Waals surface area contributed by atoms with Crippen LogP contribution in [0.1, 0.15) is 28.3 Å². The van der Waals surface area contributed by atoms with E-state index in [1.165, 1.54) is 6.07 Å². The zero-order valence-electron chi connectivity index (χ0n) is 13.6. The Morgan fingerprint density at radius 2 is 1.81 bits per heavy atom. The van der Waals surface area contributed by atoms with E-state index in [0.717, 1.165) is 22.1 Å². The molecule has 0 aliphatic heterocycles. The Morgan fingerprint density at radius 3 is 2.54 bits per heavy atom. The minimum atomic E-state index is -1.09. The fourth-order valence-electron chi connectivity index (χ4n) is 2.85. The molecule has 0 spiro atoms. The number of primary amides is 1. The van der Waals surface area contributed by atoms with Crippen molar-refractivity contribution in [3.8, 4) is 0 Å². The standard InChI is InChI=1S/C19H16N2O4S/c20-17(23)14-8-9-26-18(14)21-16(22)10-15(19(24)25)13-7-3-5-11-4-1-2-6-12(11)13/h1-9,15H,10H2,(H2,20,23)(H,21,22)(H,24,25). The molecule has 4 N–H and O–H groups in total. The SMILES string of the molecule is NC(=O)c1ccsc1NC(=O)CC(C(=O)O)c1cccc2ccccc12. The van der Waals surface area contributed by atoms with Crippen molar-refractivity contribution in [3.05, 3.63) is 65.0 Å². The van der Waals surface area contributed by atoms with Crippen LogP contribution in [0.25, 0.3) is 10.8 Å². The highest BCUT2D eigenvalue weighted by atomic mass is 32.1. The summed E-state index contributed by atoms with van der Waals surface area (Å²) in [6, 6.07) is 14.3. The summed E-state index contributed by atoms with van der Waals surface area (Å²) in [4.78, 5) is 35.5. The lowest BCUT2D eigenvalue weighted by atomic mass is 9.91. The number of nitrogens with two attached hydrogens (primary N) is 1. The van der Waals surface area contributed by atoms with Gasteiger partial charge in [-0.3, -0.25) is 14.4 Å². The maximum absolute atomic E-state index is 12.4. The van der Waals surface area contributed by atoms with Gasteiger partial charge in [0.25, 0.3) is 5.91 Å². The van der Waals surface area contributed by atoms with E-state index in [2.05, 4.69) is 5.32 Å². The number of carboxylic acids is 1. The lowest BCUT2D eigenvalue weighted by molar-refractivity contribution is -0.140. The smallest absolute Gasteiger partial charge is 0.311 e. The van der Waals surface area contributed by atoms with Gasteiger partial charge in [0.2, 0.25) is 5.91 Å². The number of hydrogen-bond donors (Lipinski definition) is 3. The predicted molar refractivity (Wildman–Crippen MR) is 100 cm³/mol. The molecular formula is C19H16N2O4S. The molecule has 0 aliphatic rings. The predicted octanol–water partition coefficient (Wildman–Crippen LogP) is 3.20. The minimum absolute atomic E-state index is 0.209. The Balaban J connectivity index is 1.87. The van der Waals surface area contributed by atoms with Crippen molar-refractivity contribution in [1.82, 2.24) is 0 Å². The average molecular weight is 368 g/mol. The van der Waals surface area contributed by atoms with Crippen LogP contribution in [-0.4, -0.2) is 22.9 Å². The number of anilines is 1. The van der Waals surface area contributed by atoms with Crippen LogP contribution in [0.5, 0.6) is 0 Å². The second kappa shape index (κ2) is 7.37. The molecule has 7 heteroatoms. The number of nitrogens with one attached hydrogen (secondary N) is 1. The first-order valence-electron chi connectivity index (χ1n) is 7.85. The lowest BCUT2D eigenvalue weighted by Crippen LogP contribution is -2.22. The molecule has 0 saturated heterocycles. The van der Waals surface area contributed by atoms with Crippen LogP contribution in [0.15, 0.2) is 53.9 Å². The van der Waals surface area contributed by atoms with Crippen molar-refractivity contribution in [1.29, 1.82) is 0 Å². The Bertz CT molecular complexity index is 991. The van der Waals surface area contributed by atoms with Gasteiger partial charge in [0.05, 0.1) is 11.5 Å².